The zero-order valence-electron chi connectivity index (χ0n) is 14.1. The van der Waals surface area contributed by atoms with Gasteiger partial charge in [-0.3, -0.25) is 14.5 Å². The average Bonchev–Trinajstić information content (AvgIpc) is 3.05. The molecule has 2 aliphatic rings. The average molecular weight is 330 g/mol. The lowest BCUT2D eigenvalue weighted by Gasteiger charge is -2.36. The molecule has 2 fully saturated rings. The van der Waals surface area contributed by atoms with Crippen molar-refractivity contribution in [2.24, 2.45) is 0 Å². The summed E-state index contributed by atoms with van der Waals surface area (Å²) in [7, 11) is 0. The van der Waals surface area contributed by atoms with Crippen LogP contribution in [0.4, 0.5) is 5.69 Å². The van der Waals surface area contributed by atoms with Gasteiger partial charge in [0.1, 0.15) is 6.04 Å². The highest BCUT2D eigenvalue weighted by atomic mass is 16.4. The number of carbonyl (C=O) groups excluding carboxylic acids is 1. The summed E-state index contributed by atoms with van der Waals surface area (Å²) < 4.78 is 0. The molecule has 1 atom stereocenters. The summed E-state index contributed by atoms with van der Waals surface area (Å²) in [6.07, 6.45) is 7.09. The second-order valence-electron chi connectivity index (χ2n) is 6.86. The summed E-state index contributed by atoms with van der Waals surface area (Å²) in [4.78, 5) is 28.2. The van der Waals surface area contributed by atoms with Gasteiger partial charge in [-0.1, -0.05) is 37.5 Å². The van der Waals surface area contributed by atoms with E-state index >= 15 is 0 Å². The van der Waals surface area contributed by atoms with Gasteiger partial charge in [-0.15, -0.1) is 0 Å². The van der Waals surface area contributed by atoms with Gasteiger partial charge in [-0.05, 0) is 44.4 Å². The van der Waals surface area contributed by atoms with Crippen LogP contribution < -0.4 is 4.90 Å². The molecule has 1 heterocycles. The molecule has 1 aromatic rings. The highest BCUT2D eigenvalue weighted by molar-refractivity contribution is 5.95. The molecule has 1 aliphatic heterocycles. The molecule has 130 valence electrons. The number of likely N-dealkylation sites (tertiary alicyclic amines) is 1. The fraction of sp³-hybridized carbons (Fsp3) is 0.579. The van der Waals surface area contributed by atoms with Crippen LogP contribution in [0.5, 0.6) is 0 Å². The van der Waals surface area contributed by atoms with Gasteiger partial charge < -0.3 is 10.0 Å². The molecular formula is C19H26N2O3. The molecule has 0 aromatic heterocycles. The number of hydrogen-bond acceptors (Lipinski definition) is 3. The number of carboxylic acids is 1. The molecule has 1 saturated carbocycles. The summed E-state index contributed by atoms with van der Waals surface area (Å²) in [5.74, 6) is -0.787. The van der Waals surface area contributed by atoms with E-state index in [-0.39, 0.29) is 18.5 Å². The maximum Gasteiger partial charge on any atom is 0.320 e. The van der Waals surface area contributed by atoms with Crippen molar-refractivity contribution < 1.29 is 14.7 Å². The Morgan fingerprint density at radius 3 is 2.42 bits per heavy atom. The Balaban J connectivity index is 1.77. The number of benzene rings is 1. The lowest BCUT2D eigenvalue weighted by atomic mass is 9.93. The molecule has 5 nitrogen and oxygen atoms in total. The summed E-state index contributed by atoms with van der Waals surface area (Å²) in [5.41, 5.74) is 0.931. The number of rotatable bonds is 5. The molecule has 0 radical (unpaired) electrons. The highest BCUT2D eigenvalue weighted by Gasteiger charge is 2.34. The van der Waals surface area contributed by atoms with Gasteiger partial charge in [0, 0.05) is 11.7 Å². The Kier molecular flexibility index (Phi) is 5.51. The molecule has 1 aliphatic carbocycles. The van der Waals surface area contributed by atoms with Crippen LogP contribution in [0.15, 0.2) is 30.3 Å². The zero-order chi connectivity index (χ0) is 16.9. The third kappa shape index (κ3) is 3.78. The van der Waals surface area contributed by atoms with Crippen LogP contribution in [0, 0.1) is 0 Å². The van der Waals surface area contributed by atoms with Gasteiger partial charge in [-0.25, -0.2) is 0 Å². The van der Waals surface area contributed by atoms with Crippen molar-refractivity contribution in [3.05, 3.63) is 30.3 Å². The number of para-hydroxylation sites is 1. The van der Waals surface area contributed by atoms with E-state index in [4.69, 9.17) is 0 Å². The Bertz CT molecular complexity index is 569. The molecule has 1 saturated heterocycles. The molecule has 0 spiro atoms. The number of carboxylic acid groups (broad SMARTS) is 1. The smallest absolute Gasteiger partial charge is 0.320 e. The van der Waals surface area contributed by atoms with E-state index in [1.165, 1.54) is 6.42 Å². The monoisotopic (exact) mass is 330 g/mol. The van der Waals surface area contributed by atoms with Crippen LogP contribution in [0.1, 0.15) is 44.9 Å². The fourth-order valence-corrected chi connectivity index (χ4v) is 4.03. The second kappa shape index (κ2) is 7.79. The quantitative estimate of drug-likeness (QED) is 0.902. The molecule has 0 unspecified atom stereocenters. The first-order valence-electron chi connectivity index (χ1n) is 9.01. The van der Waals surface area contributed by atoms with E-state index in [0.717, 1.165) is 37.8 Å². The van der Waals surface area contributed by atoms with Crippen molar-refractivity contribution in [3.63, 3.8) is 0 Å². The molecule has 5 heteroatoms. The molecule has 0 bridgehead atoms. The van der Waals surface area contributed by atoms with Crippen molar-refractivity contribution >= 4 is 17.6 Å². The molecule has 1 aromatic carbocycles. The minimum Gasteiger partial charge on any atom is -0.480 e. The Morgan fingerprint density at radius 1 is 1.04 bits per heavy atom. The molecule has 1 amide bonds. The minimum absolute atomic E-state index is 0.0289. The number of aliphatic carboxylic acids is 1. The molecular weight excluding hydrogens is 304 g/mol. The van der Waals surface area contributed by atoms with Crippen molar-refractivity contribution in [2.75, 3.05) is 18.0 Å². The van der Waals surface area contributed by atoms with Crippen LogP contribution in [0.2, 0.25) is 0 Å². The number of hydrogen-bond donors (Lipinski definition) is 1. The minimum atomic E-state index is -0.816. The summed E-state index contributed by atoms with van der Waals surface area (Å²) >= 11 is 0. The number of anilines is 1. The predicted molar refractivity (Wildman–Crippen MR) is 93.0 cm³/mol. The maximum atomic E-state index is 13.1. The van der Waals surface area contributed by atoms with Crippen molar-refractivity contribution in [2.45, 2.75) is 57.0 Å². The Morgan fingerprint density at radius 2 is 1.75 bits per heavy atom. The normalized spacial score (nSPS) is 22.4. The summed E-state index contributed by atoms with van der Waals surface area (Å²) in [6.45, 7) is 0.887. The first-order valence-corrected chi connectivity index (χ1v) is 9.01. The van der Waals surface area contributed by atoms with E-state index in [2.05, 4.69) is 0 Å². The standard InChI is InChI=1S/C19H26N2O3/c22-18(14-20-13-7-12-17(20)19(23)24)21(15-8-3-1-4-9-15)16-10-5-2-6-11-16/h1,3-4,8-9,16-17H,2,5-7,10-14H2,(H,23,24)/t17-/m1/s1. The number of amides is 1. The first kappa shape index (κ1) is 17.0. The highest BCUT2D eigenvalue weighted by Crippen LogP contribution is 2.28. The summed E-state index contributed by atoms with van der Waals surface area (Å²) in [6, 6.07) is 9.53. The first-order chi connectivity index (χ1) is 11.7. The lowest BCUT2D eigenvalue weighted by Crippen LogP contribution is -2.48. The van der Waals surface area contributed by atoms with E-state index in [1.807, 2.05) is 40.1 Å². The van der Waals surface area contributed by atoms with Gasteiger partial charge in [0.15, 0.2) is 0 Å². The van der Waals surface area contributed by atoms with Gasteiger partial charge in [0.25, 0.3) is 0 Å². The Hall–Kier alpha value is -1.88. The summed E-state index contributed by atoms with van der Waals surface area (Å²) in [5, 5.41) is 9.33. The van der Waals surface area contributed by atoms with Gasteiger partial charge in [0.05, 0.1) is 6.54 Å². The van der Waals surface area contributed by atoms with E-state index < -0.39 is 12.0 Å². The van der Waals surface area contributed by atoms with Crippen LogP contribution in [0.3, 0.4) is 0 Å². The van der Waals surface area contributed by atoms with E-state index in [9.17, 15) is 14.7 Å². The van der Waals surface area contributed by atoms with Crippen LogP contribution in [-0.4, -0.2) is 47.1 Å². The number of carbonyl (C=O) groups is 2. The fourth-order valence-electron chi connectivity index (χ4n) is 4.03. The van der Waals surface area contributed by atoms with Crippen LogP contribution in [0.25, 0.3) is 0 Å². The maximum absolute atomic E-state index is 13.1. The van der Waals surface area contributed by atoms with Crippen LogP contribution in [-0.2, 0) is 9.59 Å². The van der Waals surface area contributed by atoms with Gasteiger partial charge in [-0.2, -0.15) is 0 Å². The van der Waals surface area contributed by atoms with Crippen molar-refractivity contribution in [1.82, 2.24) is 4.90 Å². The van der Waals surface area contributed by atoms with E-state index in [0.29, 0.717) is 13.0 Å². The topological polar surface area (TPSA) is 60.9 Å². The van der Waals surface area contributed by atoms with Crippen LogP contribution >= 0.6 is 0 Å². The van der Waals surface area contributed by atoms with Gasteiger partial charge in [0.2, 0.25) is 5.91 Å². The molecule has 3 rings (SSSR count). The largest absolute Gasteiger partial charge is 0.480 e. The lowest BCUT2D eigenvalue weighted by molar-refractivity contribution is -0.142. The molecule has 24 heavy (non-hydrogen) atoms. The van der Waals surface area contributed by atoms with Crippen molar-refractivity contribution in [3.8, 4) is 0 Å². The van der Waals surface area contributed by atoms with Crippen molar-refractivity contribution in [1.29, 1.82) is 0 Å². The van der Waals surface area contributed by atoms with E-state index in [1.54, 1.807) is 0 Å². The third-order valence-corrected chi connectivity index (χ3v) is 5.23. The SMILES string of the molecule is O=C(O)[C@H]1CCCN1CC(=O)N(c1ccccc1)C1CCCCC1. The predicted octanol–water partition coefficient (Wildman–Crippen LogP) is 2.90. The third-order valence-electron chi connectivity index (χ3n) is 5.23. The number of nitrogens with zero attached hydrogens (tertiary/aromatic N) is 2. The van der Waals surface area contributed by atoms with Gasteiger partial charge >= 0.3 is 5.97 Å². The second-order valence-corrected chi connectivity index (χ2v) is 6.86. The molecule has 1 N–H and O–H groups in total. The zero-order valence-corrected chi connectivity index (χ0v) is 14.1. The Labute approximate surface area is 143 Å².